The molecule has 2 aliphatic rings. The van der Waals surface area contributed by atoms with Crippen LogP contribution in [0.25, 0.3) is 22.3 Å². The molecule has 3 aromatic rings. The van der Waals surface area contributed by atoms with Crippen LogP contribution in [0.5, 0.6) is 0 Å². The highest BCUT2D eigenvalue weighted by molar-refractivity contribution is 7.60. The molecule has 42 heavy (non-hydrogen) atoms. The summed E-state index contributed by atoms with van der Waals surface area (Å²) in [6.45, 7) is 17.2. The molecule has 2 N–H and O–H groups in total. The number of piperidine rings is 2. The van der Waals surface area contributed by atoms with E-state index in [0.717, 1.165) is 0 Å². The van der Waals surface area contributed by atoms with E-state index in [1.807, 2.05) is 0 Å². The van der Waals surface area contributed by atoms with E-state index in [2.05, 4.69) is 125 Å². The van der Waals surface area contributed by atoms with Gasteiger partial charge in [-0.15, -0.1) is 0 Å². The third-order valence-electron chi connectivity index (χ3n) is 9.18. The Hall–Kier alpha value is -1.56. The summed E-state index contributed by atoms with van der Waals surface area (Å²) in [5.41, 5.74) is 8.64. The van der Waals surface area contributed by atoms with E-state index in [1.165, 1.54) is 86.2 Å². The van der Waals surface area contributed by atoms with E-state index >= 15 is 0 Å². The van der Waals surface area contributed by atoms with Crippen LogP contribution in [0.4, 0.5) is 0 Å². The largest absolute Gasteiger partial charge is 0.310 e. The third kappa shape index (κ3) is 7.93. The van der Waals surface area contributed by atoms with Crippen molar-refractivity contribution in [1.82, 2.24) is 10.6 Å². The molecule has 4 heteroatoms. The summed E-state index contributed by atoms with van der Waals surface area (Å²) in [6.07, 6.45) is 10.5. The zero-order valence-corrected chi connectivity index (χ0v) is 28.8. The average molecular weight is 601 g/mol. The molecule has 0 radical (unpaired) electrons. The fourth-order valence-corrected chi connectivity index (χ4v) is 14.1. The second-order valence-electron chi connectivity index (χ2n) is 14.4. The number of nitrogens with one attached hydrogen (secondary N) is 2. The molecule has 2 fully saturated rings. The lowest BCUT2D eigenvalue weighted by Gasteiger charge is -2.43. The summed E-state index contributed by atoms with van der Waals surface area (Å²) < 4.78 is 0. The Bertz CT molecular complexity index is 1230. The number of hydrogen-bond acceptors (Lipinski definition) is 2. The van der Waals surface area contributed by atoms with Gasteiger partial charge in [0.2, 0.25) is 0 Å². The number of benzene rings is 3. The summed E-state index contributed by atoms with van der Waals surface area (Å²) in [5, 5.41) is 8.62. The highest BCUT2D eigenvalue weighted by Gasteiger charge is 2.36. The Morgan fingerprint density at radius 1 is 0.595 bits per heavy atom. The van der Waals surface area contributed by atoms with Crippen molar-refractivity contribution in [3.05, 3.63) is 83.9 Å². The van der Waals surface area contributed by atoms with Crippen molar-refractivity contribution in [2.45, 2.75) is 114 Å². The molecule has 0 aromatic heterocycles. The zero-order chi connectivity index (χ0) is 29.7. The molecule has 0 aliphatic carbocycles. The minimum absolute atomic E-state index is 0.231. The van der Waals surface area contributed by atoms with Crippen molar-refractivity contribution in [2.75, 3.05) is 13.1 Å². The van der Waals surface area contributed by atoms with Crippen molar-refractivity contribution in [2.24, 2.45) is 0 Å². The summed E-state index contributed by atoms with van der Waals surface area (Å²) in [6, 6.07) is 27.5. The van der Waals surface area contributed by atoms with E-state index in [4.69, 9.17) is 0 Å². The first-order chi connectivity index (χ1) is 20.1. The Labute approximate surface area is 259 Å². The van der Waals surface area contributed by atoms with Gasteiger partial charge in [-0.1, -0.05) is 131 Å². The zero-order valence-electron chi connectivity index (χ0n) is 27.0. The van der Waals surface area contributed by atoms with Gasteiger partial charge in [-0.05, 0) is 107 Å². The van der Waals surface area contributed by atoms with Crippen molar-refractivity contribution in [1.29, 1.82) is 0 Å². The number of hydrogen-bond donors (Lipinski definition) is 2. The van der Waals surface area contributed by atoms with Gasteiger partial charge >= 0.3 is 0 Å². The minimum atomic E-state index is -0.258. The van der Waals surface area contributed by atoms with Gasteiger partial charge in [0, 0.05) is 11.6 Å². The molecule has 5 rings (SSSR count). The van der Waals surface area contributed by atoms with Crippen molar-refractivity contribution in [3.8, 4) is 22.3 Å². The molecule has 0 amide bonds. The first-order valence-corrected chi connectivity index (χ1v) is 19.6. The van der Waals surface area contributed by atoms with Gasteiger partial charge in [-0.3, -0.25) is 0 Å². The number of rotatable bonds is 8. The van der Waals surface area contributed by atoms with Gasteiger partial charge < -0.3 is 10.6 Å². The fourth-order valence-electron chi connectivity index (χ4n) is 7.22. The van der Waals surface area contributed by atoms with Crippen molar-refractivity contribution >= 4 is 15.8 Å². The Kier molecular flexibility index (Phi) is 10.6. The predicted molar refractivity (Wildman–Crippen MR) is 189 cm³/mol. The summed E-state index contributed by atoms with van der Waals surface area (Å²) in [5.74, 6) is 1.33. The molecule has 2 atom stereocenters. The second-order valence-corrected chi connectivity index (χ2v) is 20.9. The van der Waals surface area contributed by atoms with Crippen molar-refractivity contribution in [3.63, 3.8) is 0 Å². The summed E-state index contributed by atoms with van der Waals surface area (Å²) in [7, 11) is -0.489. The Morgan fingerprint density at radius 3 is 1.40 bits per heavy atom. The van der Waals surface area contributed by atoms with Gasteiger partial charge in [0.1, 0.15) is 0 Å². The van der Waals surface area contributed by atoms with Gasteiger partial charge in [0.15, 0.2) is 0 Å². The van der Waals surface area contributed by atoms with E-state index in [-0.39, 0.29) is 26.2 Å². The Morgan fingerprint density at radius 2 is 1.02 bits per heavy atom. The quantitative estimate of drug-likeness (QED) is 0.251. The highest BCUT2D eigenvalue weighted by Crippen LogP contribution is 2.62. The molecule has 2 saturated heterocycles. The smallest absolute Gasteiger partial charge is 0.0286 e. The normalized spacial score (nSPS) is 20.9. The van der Waals surface area contributed by atoms with Gasteiger partial charge in [0.05, 0.1) is 0 Å². The standard InChI is InChI=1S/C38H54N2P2/c1-37(2,3)42(38(4,5)6)28-32-26-34(30-19-11-8-12-20-30)33(29-17-9-7-10-18-29)25-31(32)27-41(35-21-13-15-23-39-35)36-22-14-16-24-40-36/h7-12,17-20,25-26,35-36,39-40H,13-16,21-24,27-28H2,1-6H3. The molecule has 0 spiro atoms. The second kappa shape index (κ2) is 14.0. The molecular formula is C38H54N2P2. The molecule has 3 aromatic carbocycles. The summed E-state index contributed by atoms with van der Waals surface area (Å²) in [4.78, 5) is 0. The van der Waals surface area contributed by atoms with Crippen LogP contribution in [0.15, 0.2) is 72.8 Å². The van der Waals surface area contributed by atoms with Crippen LogP contribution in [-0.2, 0) is 12.3 Å². The van der Waals surface area contributed by atoms with Crippen LogP contribution in [0.1, 0.15) is 91.2 Å². The fraction of sp³-hybridized carbons (Fsp3) is 0.526. The maximum absolute atomic E-state index is 4.02. The molecular weight excluding hydrogens is 546 g/mol. The first kappa shape index (κ1) is 31.9. The highest BCUT2D eigenvalue weighted by atomic mass is 31.1. The van der Waals surface area contributed by atoms with Gasteiger partial charge in [-0.2, -0.15) is 0 Å². The molecule has 2 unspecified atom stereocenters. The lowest BCUT2D eigenvalue weighted by atomic mass is 9.91. The maximum atomic E-state index is 4.02. The average Bonchev–Trinajstić information content (AvgIpc) is 2.99. The molecule has 2 nitrogen and oxygen atoms in total. The molecule has 2 heterocycles. The topological polar surface area (TPSA) is 24.1 Å². The van der Waals surface area contributed by atoms with Crippen LogP contribution in [0.2, 0.25) is 0 Å². The molecule has 2 aliphatic heterocycles. The minimum Gasteiger partial charge on any atom is -0.310 e. The maximum Gasteiger partial charge on any atom is 0.0286 e. The lowest BCUT2D eigenvalue weighted by Crippen LogP contribution is -2.41. The molecule has 0 bridgehead atoms. The Balaban J connectivity index is 1.67. The third-order valence-corrected chi connectivity index (χ3v) is 16.3. The molecule has 226 valence electrons. The van der Waals surface area contributed by atoms with Crippen LogP contribution in [0, 0.1) is 0 Å². The van der Waals surface area contributed by atoms with Crippen LogP contribution in [-0.4, -0.2) is 35.0 Å². The monoisotopic (exact) mass is 600 g/mol. The van der Waals surface area contributed by atoms with E-state index < -0.39 is 0 Å². The first-order valence-electron chi connectivity index (χ1n) is 16.4. The SMILES string of the molecule is CC(C)(C)P(Cc1cc(-c2ccccc2)c(-c2ccccc2)cc1CP(C1CCCCN1)C1CCCCN1)C(C)(C)C. The van der Waals surface area contributed by atoms with Crippen LogP contribution >= 0.6 is 15.8 Å². The van der Waals surface area contributed by atoms with Crippen molar-refractivity contribution < 1.29 is 0 Å². The van der Waals surface area contributed by atoms with Gasteiger partial charge in [0.25, 0.3) is 0 Å². The van der Waals surface area contributed by atoms with Crippen LogP contribution in [0.3, 0.4) is 0 Å². The van der Waals surface area contributed by atoms with E-state index in [9.17, 15) is 0 Å². The molecule has 0 saturated carbocycles. The van der Waals surface area contributed by atoms with E-state index in [0.29, 0.717) is 11.6 Å². The predicted octanol–water partition coefficient (Wildman–Crippen LogP) is 10.8. The summed E-state index contributed by atoms with van der Waals surface area (Å²) >= 11 is 0. The van der Waals surface area contributed by atoms with Gasteiger partial charge in [-0.25, -0.2) is 0 Å². The lowest BCUT2D eigenvalue weighted by molar-refractivity contribution is 0.456. The van der Waals surface area contributed by atoms with Crippen LogP contribution < -0.4 is 10.6 Å². The van der Waals surface area contributed by atoms with E-state index in [1.54, 1.807) is 11.1 Å².